The van der Waals surface area contributed by atoms with Gasteiger partial charge in [0.25, 0.3) is 0 Å². The van der Waals surface area contributed by atoms with Gasteiger partial charge in [0.2, 0.25) is 0 Å². The Morgan fingerprint density at radius 3 is 2.51 bits per heavy atom. The van der Waals surface area contributed by atoms with Crippen molar-refractivity contribution in [2.24, 2.45) is 5.92 Å². The number of methoxy groups -OCH3 is 1. The summed E-state index contributed by atoms with van der Waals surface area (Å²) in [5.41, 5.74) is 1.90. The van der Waals surface area contributed by atoms with E-state index in [-0.39, 0.29) is 35.5 Å². The third-order valence-electron chi connectivity index (χ3n) is 6.55. The number of ether oxygens (including phenoxy) is 2. The summed E-state index contributed by atoms with van der Waals surface area (Å²) in [6, 6.07) is 15.7. The van der Waals surface area contributed by atoms with Crippen molar-refractivity contribution in [3.63, 3.8) is 0 Å². The summed E-state index contributed by atoms with van der Waals surface area (Å²) in [6.07, 6.45) is 1.86. The molecule has 10 heteroatoms. The molecule has 0 fully saturated rings. The number of hydrogen-bond acceptors (Lipinski definition) is 8. The van der Waals surface area contributed by atoms with E-state index in [1.165, 1.54) is 0 Å². The maximum Gasteiger partial charge on any atom is 0.306 e. The Morgan fingerprint density at radius 1 is 1.15 bits per heavy atom. The summed E-state index contributed by atoms with van der Waals surface area (Å²) >= 11 is 0. The molecular weight excluding hydrogens is 523 g/mol. The molecule has 0 amide bonds. The molecule has 0 aliphatic rings. The molecule has 2 aromatic carbocycles. The van der Waals surface area contributed by atoms with Gasteiger partial charge in [-0.25, -0.2) is 9.37 Å². The van der Waals surface area contributed by atoms with Crippen LogP contribution in [0.3, 0.4) is 0 Å². The fourth-order valence-electron chi connectivity index (χ4n) is 4.60. The minimum atomic E-state index is -0.685. The number of fused-ring (bicyclic) bond motifs is 1. The normalized spacial score (nSPS) is 12.8. The number of hydrogen-bond donors (Lipinski definition) is 2. The lowest BCUT2D eigenvalue weighted by molar-refractivity contribution is -0.155. The van der Waals surface area contributed by atoms with Crippen molar-refractivity contribution in [3.05, 3.63) is 71.7 Å². The van der Waals surface area contributed by atoms with Crippen LogP contribution in [0.15, 0.2) is 54.7 Å². The number of halogens is 1. The van der Waals surface area contributed by atoms with E-state index in [1.54, 1.807) is 25.4 Å². The summed E-state index contributed by atoms with van der Waals surface area (Å²) in [4.78, 5) is 17.1. The number of carbonyl (C=O) groups is 1. The van der Waals surface area contributed by atoms with Gasteiger partial charge in [-0.3, -0.25) is 9.48 Å². The molecule has 0 spiro atoms. The van der Waals surface area contributed by atoms with E-state index in [2.05, 4.69) is 20.7 Å². The first-order valence-corrected chi connectivity index (χ1v) is 13.5. The second kappa shape index (κ2) is 12.3. The lowest BCUT2D eigenvalue weighted by Crippen LogP contribution is -2.28. The number of aryl methyl sites for hydroxylation is 1. The Labute approximate surface area is 239 Å². The van der Waals surface area contributed by atoms with Crippen LogP contribution in [0.4, 0.5) is 21.7 Å². The number of aromatic nitrogens is 3. The number of rotatable bonds is 10. The zero-order valence-electron chi connectivity index (χ0n) is 24.2. The standard InChI is InChI=1S/C31H35FN6O3/c1-7-38-26-13-10-23(15-22(26)18-34-38)35-29-21(17-33)16-25(32)30(37-29)36-28(20-8-11-24(40-6)12-9-20)19(2)14-27(39)41-31(3,4)5/h8-13,15-16,18-19,28H,7,14H2,1-6H3,(H2,35,36,37)/t19-,28+/m1/s1. The molecule has 0 bridgehead atoms. The van der Waals surface area contributed by atoms with Crippen molar-refractivity contribution in [1.29, 1.82) is 5.26 Å². The smallest absolute Gasteiger partial charge is 0.306 e. The first kappa shape index (κ1) is 29.3. The van der Waals surface area contributed by atoms with Gasteiger partial charge in [-0.05, 0) is 75.6 Å². The quantitative estimate of drug-likeness (QED) is 0.206. The molecule has 2 aromatic heterocycles. The van der Waals surface area contributed by atoms with Crippen LogP contribution < -0.4 is 15.4 Å². The first-order valence-electron chi connectivity index (χ1n) is 13.5. The summed E-state index contributed by atoms with van der Waals surface area (Å²) < 4.78 is 28.0. The van der Waals surface area contributed by atoms with Gasteiger partial charge in [0.1, 0.15) is 17.4 Å². The van der Waals surface area contributed by atoms with Crippen LogP contribution in [-0.4, -0.2) is 33.4 Å². The molecule has 0 unspecified atom stereocenters. The highest BCUT2D eigenvalue weighted by molar-refractivity contribution is 5.83. The van der Waals surface area contributed by atoms with E-state index in [9.17, 15) is 10.1 Å². The Kier molecular flexibility index (Phi) is 8.77. The lowest BCUT2D eigenvalue weighted by atomic mass is 9.91. The molecule has 0 aliphatic heterocycles. The Hall–Kier alpha value is -4.65. The first-order chi connectivity index (χ1) is 19.5. The number of anilines is 3. The van der Waals surface area contributed by atoms with Crippen molar-refractivity contribution >= 4 is 34.2 Å². The molecule has 2 atom stereocenters. The van der Waals surface area contributed by atoms with E-state index in [4.69, 9.17) is 9.47 Å². The number of nitrogens with one attached hydrogen (secondary N) is 2. The molecule has 0 radical (unpaired) electrons. The predicted molar refractivity (Wildman–Crippen MR) is 157 cm³/mol. The van der Waals surface area contributed by atoms with Crippen LogP contribution in [0.5, 0.6) is 5.75 Å². The third-order valence-corrected chi connectivity index (χ3v) is 6.55. The minimum absolute atomic E-state index is 0.0526. The van der Waals surface area contributed by atoms with Gasteiger partial charge in [-0.2, -0.15) is 10.4 Å². The van der Waals surface area contributed by atoms with Crippen LogP contribution in [0.2, 0.25) is 0 Å². The molecular formula is C31H35FN6O3. The van der Waals surface area contributed by atoms with Crippen LogP contribution in [0.25, 0.3) is 10.9 Å². The molecule has 2 heterocycles. The largest absolute Gasteiger partial charge is 0.497 e. The van der Waals surface area contributed by atoms with E-state index in [1.807, 2.05) is 75.7 Å². The third kappa shape index (κ3) is 7.11. The number of nitriles is 1. The number of pyridine rings is 1. The zero-order chi connectivity index (χ0) is 29.7. The van der Waals surface area contributed by atoms with Gasteiger partial charge in [-0.1, -0.05) is 19.1 Å². The predicted octanol–water partition coefficient (Wildman–Crippen LogP) is 6.74. The number of carbonyl (C=O) groups excluding carboxylic acids is 1. The number of esters is 1. The fourth-order valence-corrected chi connectivity index (χ4v) is 4.60. The summed E-state index contributed by atoms with van der Waals surface area (Å²) in [6.45, 7) is 10.1. The second-order valence-electron chi connectivity index (χ2n) is 10.8. The van der Waals surface area contributed by atoms with Gasteiger partial charge in [0, 0.05) is 17.6 Å². The minimum Gasteiger partial charge on any atom is -0.497 e. The van der Waals surface area contributed by atoms with E-state index < -0.39 is 17.5 Å². The maximum absolute atomic E-state index is 15.3. The van der Waals surface area contributed by atoms with Gasteiger partial charge < -0.3 is 20.1 Å². The average molecular weight is 559 g/mol. The summed E-state index contributed by atoms with van der Waals surface area (Å²) in [7, 11) is 1.58. The van der Waals surface area contributed by atoms with Crippen molar-refractivity contribution < 1.29 is 18.7 Å². The molecule has 41 heavy (non-hydrogen) atoms. The molecule has 4 rings (SSSR count). The molecule has 2 N–H and O–H groups in total. The molecule has 4 aromatic rings. The second-order valence-corrected chi connectivity index (χ2v) is 10.8. The number of benzene rings is 2. The fraction of sp³-hybridized carbons (Fsp3) is 0.355. The van der Waals surface area contributed by atoms with Gasteiger partial charge in [-0.15, -0.1) is 0 Å². The Balaban J connectivity index is 1.66. The highest BCUT2D eigenvalue weighted by atomic mass is 19.1. The van der Waals surface area contributed by atoms with E-state index >= 15 is 4.39 Å². The van der Waals surface area contributed by atoms with Crippen LogP contribution in [0.1, 0.15) is 58.2 Å². The molecule has 0 saturated heterocycles. The van der Waals surface area contributed by atoms with Crippen LogP contribution in [-0.2, 0) is 16.1 Å². The maximum atomic E-state index is 15.3. The van der Waals surface area contributed by atoms with Crippen LogP contribution >= 0.6 is 0 Å². The molecule has 0 saturated carbocycles. The Morgan fingerprint density at radius 2 is 1.88 bits per heavy atom. The van der Waals surface area contributed by atoms with Gasteiger partial charge in [0.15, 0.2) is 17.5 Å². The monoisotopic (exact) mass is 558 g/mol. The van der Waals surface area contributed by atoms with E-state index in [0.29, 0.717) is 11.4 Å². The van der Waals surface area contributed by atoms with E-state index in [0.717, 1.165) is 29.1 Å². The molecule has 9 nitrogen and oxygen atoms in total. The van der Waals surface area contributed by atoms with Crippen LogP contribution in [0, 0.1) is 23.1 Å². The summed E-state index contributed by atoms with van der Waals surface area (Å²) in [5, 5.41) is 21.4. The average Bonchev–Trinajstić information content (AvgIpc) is 3.34. The SMILES string of the molecule is CCn1ncc2cc(Nc3nc(N[C@H](c4ccc(OC)cc4)[C@H](C)CC(=O)OC(C)(C)C)c(F)cc3C#N)ccc21. The highest BCUT2D eigenvalue weighted by Gasteiger charge is 2.27. The van der Waals surface area contributed by atoms with Gasteiger partial charge >= 0.3 is 5.97 Å². The Bertz CT molecular complexity index is 1570. The van der Waals surface area contributed by atoms with Crippen molar-refractivity contribution in [2.75, 3.05) is 17.7 Å². The molecule has 0 aliphatic carbocycles. The summed E-state index contributed by atoms with van der Waals surface area (Å²) in [5.74, 6) is -0.528. The molecule has 214 valence electrons. The van der Waals surface area contributed by atoms with Gasteiger partial charge in [0.05, 0.1) is 36.8 Å². The van der Waals surface area contributed by atoms with Crippen molar-refractivity contribution in [2.45, 2.75) is 59.2 Å². The highest BCUT2D eigenvalue weighted by Crippen LogP contribution is 2.33. The van der Waals surface area contributed by atoms with Crippen molar-refractivity contribution in [3.8, 4) is 11.8 Å². The lowest BCUT2D eigenvalue weighted by Gasteiger charge is -2.28. The number of nitrogens with zero attached hydrogens (tertiary/aromatic N) is 4. The topological polar surface area (TPSA) is 114 Å². The van der Waals surface area contributed by atoms with Crippen molar-refractivity contribution in [1.82, 2.24) is 14.8 Å². The zero-order valence-corrected chi connectivity index (χ0v) is 24.2.